The molecule has 3 heterocycles. The van der Waals surface area contributed by atoms with Gasteiger partial charge in [-0.15, -0.1) is 0 Å². The van der Waals surface area contributed by atoms with Crippen molar-refractivity contribution in [3.8, 4) is 0 Å². The van der Waals surface area contributed by atoms with Gasteiger partial charge in [0.15, 0.2) is 0 Å². The molecule has 0 atom stereocenters. The van der Waals surface area contributed by atoms with Gasteiger partial charge in [0.25, 0.3) is 5.91 Å². The van der Waals surface area contributed by atoms with Gasteiger partial charge in [0.1, 0.15) is 5.69 Å². The number of imidazole rings is 1. The molecule has 2 aromatic heterocycles. The summed E-state index contributed by atoms with van der Waals surface area (Å²) in [5.41, 5.74) is 2.41. The maximum Gasteiger partial charge on any atom is 0.416 e. The van der Waals surface area contributed by atoms with Crippen LogP contribution in [0, 0.1) is 6.92 Å². The molecule has 0 unspecified atom stereocenters. The van der Waals surface area contributed by atoms with Crippen molar-refractivity contribution < 1.29 is 22.8 Å². The Bertz CT molecular complexity index is 1470. The second-order valence-corrected chi connectivity index (χ2v) is 9.45. The van der Waals surface area contributed by atoms with Gasteiger partial charge in [-0.2, -0.15) is 13.2 Å². The number of aromatic nitrogens is 3. The van der Waals surface area contributed by atoms with Crippen molar-refractivity contribution >= 4 is 23.3 Å². The number of anilines is 1. The van der Waals surface area contributed by atoms with E-state index in [1.807, 2.05) is 24.0 Å². The molecule has 1 fully saturated rings. The molecule has 5 rings (SSSR count). The van der Waals surface area contributed by atoms with Gasteiger partial charge in [-0.25, -0.2) is 9.97 Å². The molecule has 38 heavy (non-hydrogen) atoms. The van der Waals surface area contributed by atoms with E-state index in [-0.39, 0.29) is 24.2 Å². The number of nitrogens with one attached hydrogen (secondary N) is 1. The Hall–Kier alpha value is -4.21. The van der Waals surface area contributed by atoms with Gasteiger partial charge < -0.3 is 10.2 Å². The molecule has 0 radical (unpaired) electrons. The highest BCUT2D eigenvalue weighted by Gasteiger charge is 2.30. The fourth-order valence-corrected chi connectivity index (χ4v) is 4.91. The van der Waals surface area contributed by atoms with E-state index < -0.39 is 11.7 Å². The van der Waals surface area contributed by atoms with Crippen LogP contribution < -0.4 is 5.32 Å². The Morgan fingerprint density at radius 2 is 1.79 bits per heavy atom. The lowest BCUT2D eigenvalue weighted by Crippen LogP contribution is -2.38. The summed E-state index contributed by atoms with van der Waals surface area (Å²) >= 11 is 0. The lowest BCUT2D eigenvalue weighted by Gasteiger charge is -2.32. The summed E-state index contributed by atoms with van der Waals surface area (Å²) in [6, 6.07) is 14.0. The van der Waals surface area contributed by atoms with Gasteiger partial charge in [0, 0.05) is 31.2 Å². The molecule has 10 heteroatoms. The average molecular weight is 522 g/mol. The fraction of sp³-hybridized carbons (Fsp3) is 0.286. The number of alkyl halides is 3. The quantitative estimate of drug-likeness (QED) is 0.389. The number of likely N-dealkylation sites (tertiary alicyclic amines) is 1. The number of piperidine rings is 1. The maximum atomic E-state index is 13.2. The Labute approximate surface area is 217 Å². The third-order valence-electron chi connectivity index (χ3n) is 6.85. The number of carbonyl (C=O) groups is 2. The third-order valence-corrected chi connectivity index (χ3v) is 6.85. The Kier molecular flexibility index (Phi) is 6.88. The average Bonchev–Trinajstić information content (AvgIpc) is 3.24. The van der Waals surface area contributed by atoms with Crippen LogP contribution in [0.1, 0.15) is 51.6 Å². The molecule has 196 valence electrons. The van der Waals surface area contributed by atoms with E-state index >= 15 is 0 Å². The molecule has 0 aliphatic carbocycles. The molecule has 0 spiro atoms. The Balaban J connectivity index is 1.16. The number of nitrogens with zero attached hydrogens (tertiary/aromatic N) is 4. The summed E-state index contributed by atoms with van der Waals surface area (Å²) in [5.74, 6) is 0.339. The molecule has 1 aliphatic rings. The number of benzene rings is 2. The van der Waals surface area contributed by atoms with Crippen molar-refractivity contribution in [1.29, 1.82) is 0 Å². The van der Waals surface area contributed by atoms with Crippen LogP contribution >= 0.6 is 0 Å². The summed E-state index contributed by atoms with van der Waals surface area (Å²) in [7, 11) is 0. The zero-order valence-electron chi connectivity index (χ0n) is 20.7. The standard InChI is InChI=1S/C28H26F3N5O2/c1-18-25(36-13-3-12-32-27(36)33-18)26(38)35-14-10-21(11-15-35)20-6-8-23(9-7-20)34-24(37)17-19-4-2-5-22(16-19)28(29,30)31/h2-9,12-13,16,21H,10-11,14-15,17H2,1H3,(H,34,37). The van der Waals surface area contributed by atoms with E-state index in [0.29, 0.717) is 41.5 Å². The Morgan fingerprint density at radius 1 is 1.05 bits per heavy atom. The number of hydrogen-bond acceptors (Lipinski definition) is 4. The molecular weight excluding hydrogens is 495 g/mol. The number of aryl methyl sites for hydroxylation is 1. The SMILES string of the molecule is Cc1nc2ncccn2c1C(=O)N1CCC(c2ccc(NC(=O)Cc3cccc(C(F)(F)F)c3)cc2)CC1. The van der Waals surface area contributed by atoms with Crippen LogP contribution in [-0.2, 0) is 17.4 Å². The number of carbonyl (C=O) groups excluding carboxylic acids is 2. The number of halogens is 3. The number of rotatable bonds is 5. The van der Waals surface area contributed by atoms with Crippen LogP contribution in [0.4, 0.5) is 18.9 Å². The zero-order chi connectivity index (χ0) is 26.9. The molecule has 2 aromatic carbocycles. The van der Waals surface area contributed by atoms with Crippen LogP contribution in [0.2, 0.25) is 0 Å². The molecule has 2 amide bonds. The molecule has 0 bridgehead atoms. The first-order valence-corrected chi connectivity index (χ1v) is 12.3. The summed E-state index contributed by atoms with van der Waals surface area (Å²) < 4.78 is 40.5. The van der Waals surface area contributed by atoms with Crippen LogP contribution in [0.3, 0.4) is 0 Å². The van der Waals surface area contributed by atoms with E-state index in [2.05, 4.69) is 15.3 Å². The summed E-state index contributed by atoms with van der Waals surface area (Å²) in [6.45, 7) is 3.05. The third kappa shape index (κ3) is 5.39. The van der Waals surface area contributed by atoms with Gasteiger partial charge in [-0.1, -0.05) is 30.3 Å². The van der Waals surface area contributed by atoms with Crippen molar-refractivity contribution in [2.45, 2.75) is 38.3 Å². The number of hydrogen-bond donors (Lipinski definition) is 1. The molecular formula is C28H26F3N5O2. The number of fused-ring (bicyclic) bond motifs is 1. The lowest BCUT2D eigenvalue weighted by molar-refractivity contribution is -0.137. The molecule has 1 saturated heterocycles. The minimum Gasteiger partial charge on any atom is -0.337 e. The van der Waals surface area contributed by atoms with E-state index in [1.54, 1.807) is 35.0 Å². The molecule has 0 saturated carbocycles. The topological polar surface area (TPSA) is 79.6 Å². The molecule has 1 N–H and O–H groups in total. The number of amides is 2. The highest BCUT2D eigenvalue weighted by molar-refractivity contribution is 5.94. The van der Waals surface area contributed by atoms with Crippen LogP contribution in [-0.4, -0.2) is 44.2 Å². The first kappa shape index (κ1) is 25.4. The smallest absolute Gasteiger partial charge is 0.337 e. The largest absolute Gasteiger partial charge is 0.416 e. The van der Waals surface area contributed by atoms with Crippen molar-refractivity contribution in [2.75, 3.05) is 18.4 Å². The first-order valence-electron chi connectivity index (χ1n) is 12.3. The normalized spacial score (nSPS) is 14.6. The van der Waals surface area contributed by atoms with Gasteiger partial charge in [-0.3, -0.25) is 14.0 Å². The molecule has 7 nitrogen and oxygen atoms in total. The maximum absolute atomic E-state index is 13.2. The second kappa shape index (κ2) is 10.3. The second-order valence-electron chi connectivity index (χ2n) is 9.45. The van der Waals surface area contributed by atoms with Crippen LogP contribution in [0.15, 0.2) is 67.0 Å². The molecule has 4 aromatic rings. The van der Waals surface area contributed by atoms with Gasteiger partial charge in [0.2, 0.25) is 11.7 Å². The van der Waals surface area contributed by atoms with E-state index in [1.165, 1.54) is 12.1 Å². The predicted molar refractivity (Wildman–Crippen MR) is 136 cm³/mol. The molecule has 1 aliphatic heterocycles. The predicted octanol–water partition coefficient (Wildman–Crippen LogP) is 5.26. The highest BCUT2D eigenvalue weighted by atomic mass is 19.4. The van der Waals surface area contributed by atoms with Crippen LogP contribution in [0.25, 0.3) is 5.78 Å². The van der Waals surface area contributed by atoms with E-state index in [9.17, 15) is 22.8 Å². The summed E-state index contributed by atoms with van der Waals surface area (Å²) in [5, 5.41) is 2.75. The highest BCUT2D eigenvalue weighted by Crippen LogP contribution is 2.31. The summed E-state index contributed by atoms with van der Waals surface area (Å²) in [4.78, 5) is 36.1. The fourth-order valence-electron chi connectivity index (χ4n) is 4.91. The van der Waals surface area contributed by atoms with E-state index in [4.69, 9.17) is 0 Å². The first-order chi connectivity index (χ1) is 18.2. The monoisotopic (exact) mass is 521 g/mol. The van der Waals surface area contributed by atoms with E-state index in [0.717, 1.165) is 30.5 Å². The van der Waals surface area contributed by atoms with Crippen molar-refractivity contribution in [3.63, 3.8) is 0 Å². The van der Waals surface area contributed by atoms with Crippen molar-refractivity contribution in [2.24, 2.45) is 0 Å². The van der Waals surface area contributed by atoms with Gasteiger partial charge in [0.05, 0.1) is 17.7 Å². The summed E-state index contributed by atoms with van der Waals surface area (Å²) in [6.07, 6.45) is 0.454. The van der Waals surface area contributed by atoms with Crippen molar-refractivity contribution in [1.82, 2.24) is 19.3 Å². The Morgan fingerprint density at radius 3 is 2.50 bits per heavy atom. The minimum absolute atomic E-state index is 0.0553. The van der Waals surface area contributed by atoms with Crippen molar-refractivity contribution in [3.05, 3.63) is 95.1 Å². The van der Waals surface area contributed by atoms with Crippen LogP contribution in [0.5, 0.6) is 0 Å². The van der Waals surface area contributed by atoms with Gasteiger partial charge >= 0.3 is 6.18 Å². The van der Waals surface area contributed by atoms with Gasteiger partial charge in [-0.05, 0) is 61.1 Å². The zero-order valence-corrected chi connectivity index (χ0v) is 20.7. The minimum atomic E-state index is -4.45. The lowest BCUT2D eigenvalue weighted by atomic mass is 9.89.